The van der Waals surface area contributed by atoms with Crippen molar-refractivity contribution in [1.29, 1.82) is 0 Å². The van der Waals surface area contributed by atoms with Gasteiger partial charge in [-0.15, -0.1) is 10.2 Å². The minimum Gasteiger partial charge on any atom is -0.321 e. The summed E-state index contributed by atoms with van der Waals surface area (Å²) in [5, 5.41) is 14.8. The molecule has 2 aliphatic rings. The SMILES string of the molecule is CC1CC(c2cccc(NC(=O)c3cc(CN[C@@H](C)C(C)C)c4c(n3)C(F)(F)CC4)c2)(c2nncn2C)C1. The number of nitrogens with zero attached hydrogens (tertiary/aromatic N) is 4. The van der Waals surface area contributed by atoms with Crippen molar-refractivity contribution in [3.8, 4) is 0 Å². The van der Waals surface area contributed by atoms with Gasteiger partial charge in [-0.1, -0.05) is 32.9 Å². The predicted octanol–water partition coefficient (Wildman–Crippen LogP) is 5.35. The van der Waals surface area contributed by atoms with E-state index in [2.05, 4.69) is 53.5 Å². The number of aryl methyl sites for hydroxylation is 1. The van der Waals surface area contributed by atoms with Crippen LogP contribution in [0.25, 0.3) is 0 Å². The number of hydrogen-bond donors (Lipinski definition) is 2. The zero-order valence-corrected chi connectivity index (χ0v) is 22.7. The maximum atomic E-state index is 14.7. The summed E-state index contributed by atoms with van der Waals surface area (Å²) in [4.78, 5) is 17.5. The topological polar surface area (TPSA) is 84.7 Å². The lowest BCUT2D eigenvalue weighted by Gasteiger charge is -2.46. The number of fused-ring (bicyclic) bond motifs is 1. The lowest BCUT2D eigenvalue weighted by molar-refractivity contribution is -0.00602. The van der Waals surface area contributed by atoms with Crippen LogP contribution in [-0.4, -0.2) is 31.7 Å². The van der Waals surface area contributed by atoms with Gasteiger partial charge in [0.2, 0.25) is 0 Å². The lowest BCUT2D eigenvalue weighted by atomic mass is 9.58. The fourth-order valence-corrected chi connectivity index (χ4v) is 5.87. The number of rotatable bonds is 8. The molecule has 3 aromatic rings. The van der Waals surface area contributed by atoms with E-state index in [1.807, 2.05) is 35.9 Å². The van der Waals surface area contributed by atoms with Gasteiger partial charge in [-0.3, -0.25) is 4.79 Å². The normalized spacial score (nSPS) is 22.7. The number of halogens is 2. The van der Waals surface area contributed by atoms with E-state index in [9.17, 15) is 13.6 Å². The van der Waals surface area contributed by atoms with Crippen LogP contribution in [0.5, 0.6) is 0 Å². The number of carbonyl (C=O) groups excluding carboxylic acids is 1. The Kier molecular flexibility index (Phi) is 6.84. The minimum absolute atomic E-state index is 0.00464. The molecule has 202 valence electrons. The molecular formula is C29H36F2N6O. The van der Waals surface area contributed by atoms with Crippen molar-refractivity contribution in [2.24, 2.45) is 18.9 Å². The molecular weight excluding hydrogens is 486 g/mol. The third-order valence-corrected chi connectivity index (χ3v) is 8.31. The van der Waals surface area contributed by atoms with E-state index < -0.39 is 11.8 Å². The molecule has 1 saturated carbocycles. The van der Waals surface area contributed by atoms with Gasteiger partial charge in [-0.05, 0) is 72.9 Å². The average Bonchev–Trinajstić information content (AvgIpc) is 3.42. The molecule has 0 spiro atoms. The van der Waals surface area contributed by atoms with E-state index in [0.29, 0.717) is 35.2 Å². The van der Waals surface area contributed by atoms with Crippen molar-refractivity contribution in [3.05, 3.63) is 70.6 Å². The molecule has 1 aromatic carbocycles. The van der Waals surface area contributed by atoms with Crippen LogP contribution in [0.1, 0.15) is 85.7 Å². The van der Waals surface area contributed by atoms with Gasteiger partial charge >= 0.3 is 0 Å². The summed E-state index contributed by atoms with van der Waals surface area (Å²) in [5.74, 6) is -1.69. The molecule has 1 atom stereocenters. The Balaban J connectivity index is 1.43. The predicted molar refractivity (Wildman–Crippen MR) is 142 cm³/mol. The Morgan fingerprint density at radius 3 is 2.63 bits per heavy atom. The molecule has 7 nitrogen and oxygen atoms in total. The lowest BCUT2D eigenvalue weighted by Crippen LogP contribution is -2.43. The summed E-state index contributed by atoms with van der Waals surface area (Å²) in [7, 11) is 1.94. The molecule has 1 fully saturated rings. The second-order valence-corrected chi connectivity index (χ2v) is 11.5. The molecule has 2 N–H and O–H groups in total. The summed E-state index contributed by atoms with van der Waals surface area (Å²) >= 11 is 0. The number of pyridine rings is 1. The van der Waals surface area contributed by atoms with Crippen LogP contribution < -0.4 is 10.6 Å². The number of hydrogen-bond acceptors (Lipinski definition) is 5. The van der Waals surface area contributed by atoms with Gasteiger partial charge < -0.3 is 15.2 Å². The number of anilines is 1. The van der Waals surface area contributed by atoms with E-state index in [-0.39, 0.29) is 35.7 Å². The Hall–Kier alpha value is -3.20. The van der Waals surface area contributed by atoms with Gasteiger partial charge in [0.15, 0.2) is 0 Å². The Labute approximate surface area is 222 Å². The van der Waals surface area contributed by atoms with Crippen molar-refractivity contribution < 1.29 is 13.6 Å². The highest BCUT2D eigenvalue weighted by molar-refractivity contribution is 6.03. The van der Waals surface area contributed by atoms with Gasteiger partial charge in [-0.25, -0.2) is 4.98 Å². The fourth-order valence-electron chi connectivity index (χ4n) is 5.87. The molecule has 2 aromatic heterocycles. The average molecular weight is 523 g/mol. The van der Waals surface area contributed by atoms with Gasteiger partial charge in [0.25, 0.3) is 11.8 Å². The minimum atomic E-state index is -3.03. The van der Waals surface area contributed by atoms with Crippen LogP contribution in [0.3, 0.4) is 0 Å². The highest BCUT2D eigenvalue weighted by Gasteiger charge is 2.48. The molecule has 0 saturated heterocycles. The number of alkyl halides is 2. The zero-order chi connectivity index (χ0) is 27.2. The quantitative estimate of drug-likeness (QED) is 0.417. The van der Waals surface area contributed by atoms with E-state index in [1.54, 1.807) is 12.4 Å². The molecule has 0 aliphatic heterocycles. The molecule has 0 unspecified atom stereocenters. The molecule has 2 aliphatic carbocycles. The second-order valence-electron chi connectivity index (χ2n) is 11.5. The maximum Gasteiger partial charge on any atom is 0.290 e. The van der Waals surface area contributed by atoms with Crippen LogP contribution in [0.15, 0.2) is 36.7 Å². The van der Waals surface area contributed by atoms with Crippen molar-refractivity contribution in [3.63, 3.8) is 0 Å². The molecule has 38 heavy (non-hydrogen) atoms. The third kappa shape index (κ3) is 4.72. The summed E-state index contributed by atoms with van der Waals surface area (Å²) in [6.45, 7) is 8.90. The van der Waals surface area contributed by atoms with E-state index >= 15 is 0 Å². The Bertz CT molecular complexity index is 1340. The zero-order valence-electron chi connectivity index (χ0n) is 22.7. The molecule has 5 rings (SSSR count). The fraction of sp³-hybridized carbons (Fsp3) is 0.517. The molecule has 1 amide bonds. The van der Waals surface area contributed by atoms with Gasteiger partial charge in [0, 0.05) is 31.7 Å². The van der Waals surface area contributed by atoms with Crippen LogP contribution in [0, 0.1) is 11.8 Å². The van der Waals surface area contributed by atoms with Crippen LogP contribution in [0.4, 0.5) is 14.5 Å². The third-order valence-electron chi connectivity index (χ3n) is 8.31. The number of amides is 1. The summed E-state index contributed by atoms with van der Waals surface area (Å²) in [6, 6.07) is 9.57. The number of nitrogens with one attached hydrogen (secondary N) is 2. The first-order valence-corrected chi connectivity index (χ1v) is 13.4. The van der Waals surface area contributed by atoms with Crippen molar-refractivity contribution in [2.45, 2.75) is 77.3 Å². The van der Waals surface area contributed by atoms with Crippen molar-refractivity contribution in [1.82, 2.24) is 25.1 Å². The summed E-state index contributed by atoms with van der Waals surface area (Å²) in [6.07, 6.45) is 3.55. The summed E-state index contributed by atoms with van der Waals surface area (Å²) < 4.78 is 31.4. The molecule has 2 heterocycles. The summed E-state index contributed by atoms with van der Waals surface area (Å²) in [5.41, 5.74) is 2.37. The molecule has 0 radical (unpaired) electrons. The van der Waals surface area contributed by atoms with E-state index in [1.165, 1.54) is 0 Å². The second kappa shape index (κ2) is 9.84. The maximum absolute atomic E-state index is 14.7. The van der Waals surface area contributed by atoms with Gasteiger partial charge in [0.05, 0.1) is 5.41 Å². The monoisotopic (exact) mass is 522 g/mol. The van der Waals surface area contributed by atoms with Crippen molar-refractivity contribution in [2.75, 3.05) is 5.32 Å². The largest absolute Gasteiger partial charge is 0.321 e. The highest BCUT2D eigenvalue weighted by Crippen LogP contribution is 2.51. The van der Waals surface area contributed by atoms with Gasteiger partial charge in [0.1, 0.15) is 23.5 Å². The number of aromatic nitrogens is 4. The van der Waals surface area contributed by atoms with Crippen LogP contribution in [-0.2, 0) is 31.4 Å². The van der Waals surface area contributed by atoms with Crippen molar-refractivity contribution >= 4 is 11.6 Å². The van der Waals surface area contributed by atoms with E-state index in [4.69, 9.17) is 0 Å². The molecule has 9 heteroatoms. The Morgan fingerprint density at radius 2 is 1.97 bits per heavy atom. The Morgan fingerprint density at radius 1 is 1.21 bits per heavy atom. The first-order valence-electron chi connectivity index (χ1n) is 13.4. The number of carbonyl (C=O) groups is 1. The number of benzene rings is 1. The van der Waals surface area contributed by atoms with Gasteiger partial charge in [-0.2, -0.15) is 8.78 Å². The van der Waals surface area contributed by atoms with Crippen LogP contribution >= 0.6 is 0 Å². The first-order chi connectivity index (χ1) is 18.0. The van der Waals surface area contributed by atoms with E-state index in [0.717, 1.165) is 24.2 Å². The standard InChI is InChI=1S/C29H36F2N6O/c1-17(2)19(4)32-15-20-11-24(35-25-23(20)9-10-29(25,30)31)26(38)34-22-8-6-7-21(12-22)28(13-18(3)14-28)27-36-33-16-37(27)5/h6-8,11-12,16-19,32H,9-10,13-15H2,1-5H3,(H,34,38)/t18?,19-,28?/m0/s1. The smallest absolute Gasteiger partial charge is 0.290 e. The highest BCUT2D eigenvalue weighted by atomic mass is 19.3. The molecule has 0 bridgehead atoms. The first kappa shape index (κ1) is 26.4. The van der Waals surface area contributed by atoms with Crippen LogP contribution in [0.2, 0.25) is 0 Å².